The average molecular weight is 500 g/mol. The lowest BCUT2D eigenvalue weighted by Gasteiger charge is -2.47. The molecule has 1 saturated carbocycles. The molecule has 0 aromatic heterocycles. The summed E-state index contributed by atoms with van der Waals surface area (Å²) < 4.78 is 259. The van der Waals surface area contributed by atoms with Crippen LogP contribution in [0.25, 0.3) is 0 Å². The van der Waals surface area contributed by atoms with Gasteiger partial charge >= 0.3 is 53.8 Å². The van der Waals surface area contributed by atoms with Crippen LogP contribution in [0.5, 0.6) is 0 Å². The Labute approximate surface area is 148 Å². The van der Waals surface area contributed by atoms with E-state index >= 15 is 0 Å². The summed E-state index contributed by atoms with van der Waals surface area (Å²) in [7, 11) is 0. The molecule has 0 unspecified atom stereocenters. The molecule has 1 aliphatic rings. The second-order valence-electron chi connectivity index (χ2n) is 5.77. The van der Waals surface area contributed by atoms with E-state index in [0.717, 1.165) is 0 Å². The monoisotopic (exact) mass is 500 g/mol. The molecule has 20 heteroatoms. The molecular formula is C10F20. The van der Waals surface area contributed by atoms with Gasteiger partial charge in [-0.25, -0.2) is 0 Å². The van der Waals surface area contributed by atoms with Gasteiger partial charge in [0.2, 0.25) is 0 Å². The fourth-order valence-electron chi connectivity index (χ4n) is 2.60. The first-order valence-corrected chi connectivity index (χ1v) is 6.28. The summed E-state index contributed by atoms with van der Waals surface area (Å²) in [6.45, 7) is 0. The molecule has 0 amide bonds. The van der Waals surface area contributed by atoms with E-state index in [1.54, 1.807) is 0 Å². The molecule has 0 saturated heterocycles. The fraction of sp³-hybridized carbons (Fsp3) is 1.00. The van der Waals surface area contributed by atoms with Gasteiger partial charge in [0.25, 0.3) is 5.41 Å². The summed E-state index contributed by atoms with van der Waals surface area (Å²) in [5.41, 5.74) is -9.13. The Morgan fingerprint density at radius 1 is 0.367 bits per heavy atom. The van der Waals surface area contributed by atoms with E-state index in [0.29, 0.717) is 0 Å². The minimum Gasteiger partial charge on any atom is -0.198 e. The van der Waals surface area contributed by atoms with Gasteiger partial charge < -0.3 is 0 Å². The first-order chi connectivity index (χ1) is 12.5. The van der Waals surface area contributed by atoms with Crippen molar-refractivity contribution in [1.29, 1.82) is 0 Å². The summed E-state index contributed by atoms with van der Waals surface area (Å²) >= 11 is 0. The molecule has 1 fully saturated rings. The lowest BCUT2D eigenvalue weighted by atomic mass is 9.69. The molecule has 180 valence electrons. The van der Waals surface area contributed by atoms with Crippen LogP contribution in [-0.2, 0) is 0 Å². The normalized spacial score (nSPS) is 26.0. The van der Waals surface area contributed by atoms with Crippen molar-refractivity contribution in [3.05, 3.63) is 0 Å². The Morgan fingerprint density at radius 2 is 0.633 bits per heavy atom. The Kier molecular flexibility index (Phi) is 5.05. The third-order valence-corrected chi connectivity index (χ3v) is 4.17. The van der Waals surface area contributed by atoms with Crippen molar-refractivity contribution in [2.24, 2.45) is 5.41 Å². The van der Waals surface area contributed by atoms with E-state index in [9.17, 15) is 87.8 Å². The first-order valence-electron chi connectivity index (χ1n) is 6.28. The van der Waals surface area contributed by atoms with Crippen molar-refractivity contribution in [3.63, 3.8) is 0 Å². The quantitative estimate of drug-likeness (QED) is 0.386. The molecule has 0 aliphatic heterocycles. The lowest BCUT2D eigenvalue weighted by Crippen LogP contribution is -2.77. The molecule has 0 N–H and O–H groups in total. The van der Waals surface area contributed by atoms with Crippen LogP contribution in [0.2, 0.25) is 0 Å². The third-order valence-electron chi connectivity index (χ3n) is 4.17. The average Bonchev–Trinajstić information content (AvgIpc) is 2.48. The van der Waals surface area contributed by atoms with Crippen molar-refractivity contribution >= 4 is 0 Å². The molecule has 1 rings (SSSR count). The summed E-state index contributed by atoms with van der Waals surface area (Å²) in [4.78, 5) is 0. The van der Waals surface area contributed by atoms with Gasteiger partial charge in [0.05, 0.1) is 0 Å². The Hall–Kier alpha value is -1.40. The molecule has 0 heterocycles. The van der Waals surface area contributed by atoms with Crippen LogP contribution >= 0.6 is 0 Å². The fourth-order valence-corrected chi connectivity index (χ4v) is 2.60. The Morgan fingerprint density at radius 3 is 0.833 bits per heavy atom. The zero-order valence-electron chi connectivity index (χ0n) is 12.6. The third kappa shape index (κ3) is 2.22. The summed E-state index contributed by atoms with van der Waals surface area (Å²) in [6, 6.07) is 0. The van der Waals surface area contributed by atoms with Crippen LogP contribution in [0.3, 0.4) is 0 Å². The van der Waals surface area contributed by atoms with Crippen LogP contribution < -0.4 is 0 Å². The van der Waals surface area contributed by atoms with E-state index < -0.39 is 59.2 Å². The van der Waals surface area contributed by atoms with Crippen molar-refractivity contribution < 1.29 is 87.8 Å². The smallest absolute Gasteiger partial charge is 0.198 e. The Bertz CT molecular complexity index is 661. The van der Waals surface area contributed by atoms with Gasteiger partial charge in [0, 0.05) is 0 Å². The molecule has 1 aliphatic carbocycles. The van der Waals surface area contributed by atoms with Gasteiger partial charge in [0.15, 0.2) is 0 Å². The minimum atomic E-state index is -9.31. The summed E-state index contributed by atoms with van der Waals surface area (Å²) in [5, 5.41) is 0. The number of hydrogen-bond donors (Lipinski definition) is 0. The van der Waals surface area contributed by atoms with Gasteiger partial charge in [-0.1, -0.05) is 0 Å². The van der Waals surface area contributed by atoms with E-state index in [1.807, 2.05) is 0 Å². The van der Waals surface area contributed by atoms with Crippen LogP contribution in [0, 0.1) is 5.41 Å². The maximum absolute atomic E-state index is 13.7. The maximum atomic E-state index is 13.7. The van der Waals surface area contributed by atoms with Crippen LogP contribution in [0.15, 0.2) is 0 Å². The number of halogens is 20. The molecule has 30 heavy (non-hydrogen) atoms. The highest BCUT2D eigenvalue weighted by atomic mass is 19.4. The highest BCUT2D eigenvalue weighted by Crippen LogP contribution is 2.81. The van der Waals surface area contributed by atoms with Gasteiger partial charge in [-0.05, 0) is 0 Å². The van der Waals surface area contributed by atoms with Crippen molar-refractivity contribution in [2.75, 3.05) is 0 Å². The van der Waals surface area contributed by atoms with E-state index in [-0.39, 0.29) is 0 Å². The van der Waals surface area contributed by atoms with Crippen molar-refractivity contribution in [3.8, 4) is 0 Å². The van der Waals surface area contributed by atoms with Gasteiger partial charge in [-0.3, -0.25) is 0 Å². The molecule has 0 bridgehead atoms. The molecule has 0 nitrogen and oxygen atoms in total. The molecule has 0 aromatic carbocycles. The largest absolute Gasteiger partial charge is 0.460 e. The van der Waals surface area contributed by atoms with Crippen molar-refractivity contribution in [2.45, 2.75) is 53.8 Å². The summed E-state index contributed by atoms with van der Waals surface area (Å²) in [6.07, 6.45) is -16.8. The van der Waals surface area contributed by atoms with Crippen LogP contribution in [0.4, 0.5) is 87.8 Å². The number of alkyl halides is 20. The zero-order chi connectivity index (χ0) is 25.0. The van der Waals surface area contributed by atoms with Gasteiger partial charge in [-0.15, -0.1) is 0 Å². The predicted molar refractivity (Wildman–Crippen MR) is 49.2 cm³/mol. The van der Waals surface area contributed by atoms with Gasteiger partial charge in [-0.2, -0.15) is 87.8 Å². The van der Waals surface area contributed by atoms with Crippen LogP contribution in [-0.4, -0.2) is 53.8 Å². The zero-order valence-corrected chi connectivity index (χ0v) is 12.6. The predicted octanol–water partition coefficient (Wildman–Crippen LogP) is 6.56. The van der Waals surface area contributed by atoms with Crippen molar-refractivity contribution in [1.82, 2.24) is 0 Å². The molecular weight excluding hydrogens is 500 g/mol. The molecule has 0 spiro atoms. The highest BCUT2D eigenvalue weighted by Gasteiger charge is 3.12. The maximum Gasteiger partial charge on any atom is 0.460 e. The SMILES string of the molecule is FC(F)(F)C(F)(F)C(F)(F)C(F)(F)C1(C(F)(F)F)C(F)(F)C(F)(F)C(F)(F)C1(F)F. The highest BCUT2D eigenvalue weighted by molar-refractivity contribution is 5.33. The van der Waals surface area contributed by atoms with E-state index in [1.165, 1.54) is 0 Å². The first kappa shape index (κ1) is 26.6. The van der Waals surface area contributed by atoms with E-state index in [4.69, 9.17) is 0 Å². The number of rotatable bonds is 3. The molecule has 0 radical (unpaired) electrons. The lowest BCUT2D eigenvalue weighted by molar-refractivity contribution is -0.482. The summed E-state index contributed by atoms with van der Waals surface area (Å²) in [5.74, 6) is -61.0. The van der Waals surface area contributed by atoms with Crippen LogP contribution in [0.1, 0.15) is 0 Å². The molecule has 0 atom stereocenters. The van der Waals surface area contributed by atoms with E-state index in [2.05, 4.69) is 0 Å². The minimum absolute atomic E-state index is 8.08. The second kappa shape index (κ2) is 5.69. The second-order valence-corrected chi connectivity index (χ2v) is 5.77. The topological polar surface area (TPSA) is 0 Å². The van der Waals surface area contributed by atoms with Gasteiger partial charge in [0.1, 0.15) is 0 Å². The standard InChI is InChI=1S/C10F20/c11-2(12)1(9(25,26)27,3(13,14)6(19,20)5(2,17)18)4(15,16)7(21,22)8(23,24)10(28,29)30. The Balaban J connectivity index is 4.30. The molecule has 0 aromatic rings. The number of hydrogen-bond acceptors (Lipinski definition) is 0.